The smallest absolute Gasteiger partial charge is 0.257 e. The second kappa shape index (κ2) is 7.94. The summed E-state index contributed by atoms with van der Waals surface area (Å²) in [5.74, 6) is 0.0493. The quantitative estimate of drug-likeness (QED) is 0.477. The molecule has 4 rings (SSSR count). The van der Waals surface area contributed by atoms with Crippen LogP contribution in [0.3, 0.4) is 0 Å². The fraction of sp³-hybridized carbons (Fsp3) is 0.174. The Hall–Kier alpha value is -3.74. The second-order valence-corrected chi connectivity index (χ2v) is 7.23. The minimum atomic E-state index is -0.397. The Labute approximate surface area is 173 Å². The lowest BCUT2D eigenvalue weighted by Gasteiger charge is -2.13. The molecule has 2 aromatic heterocycles. The van der Waals surface area contributed by atoms with Gasteiger partial charge in [0.15, 0.2) is 11.4 Å². The second-order valence-electron chi connectivity index (χ2n) is 7.23. The number of hydrogen-bond acceptors (Lipinski definition) is 4. The topological polar surface area (TPSA) is 69.0 Å². The van der Waals surface area contributed by atoms with E-state index in [1.807, 2.05) is 18.5 Å². The number of ether oxygens (including phenoxy) is 1. The number of carbonyl (C=O) groups excluding carboxylic acids is 1. The van der Waals surface area contributed by atoms with Crippen molar-refractivity contribution in [1.29, 1.82) is 0 Å². The van der Waals surface area contributed by atoms with Crippen molar-refractivity contribution in [3.63, 3.8) is 0 Å². The highest BCUT2D eigenvalue weighted by Crippen LogP contribution is 2.30. The van der Waals surface area contributed by atoms with Gasteiger partial charge in [-0.05, 0) is 51.1 Å². The van der Waals surface area contributed by atoms with Crippen LogP contribution in [0.5, 0.6) is 11.5 Å². The first-order valence-electron chi connectivity index (χ1n) is 9.61. The van der Waals surface area contributed by atoms with Crippen molar-refractivity contribution in [3.05, 3.63) is 77.9 Å². The zero-order valence-corrected chi connectivity index (χ0v) is 16.9. The standard InChI is InChI=1S/C23H21FN4O2/c1-14(2)28-22-16(13-25-28)11-19(15(3)26-22)23(29)27-20-9-4-5-10-21(20)30-18-8-6-7-17(24)12-18/h4-14H,1-3H3,(H,27,29). The Bertz CT molecular complexity index is 1230. The molecule has 0 bridgehead atoms. The first-order valence-corrected chi connectivity index (χ1v) is 9.61. The van der Waals surface area contributed by atoms with Gasteiger partial charge in [0.25, 0.3) is 5.91 Å². The molecule has 0 unspecified atom stereocenters. The van der Waals surface area contributed by atoms with Crippen LogP contribution in [0.15, 0.2) is 60.8 Å². The summed E-state index contributed by atoms with van der Waals surface area (Å²) >= 11 is 0. The molecule has 1 N–H and O–H groups in total. The lowest BCUT2D eigenvalue weighted by Crippen LogP contribution is -2.15. The van der Waals surface area contributed by atoms with Crippen LogP contribution in [0.1, 0.15) is 35.9 Å². The molecule has 0 aliphatic rings. The average Bonchev–Trinajstić information content (AvgIpc) is 3.12. The van der Waals surface area contributed by atoms with Crippen LogP contribution in [0.2, 0.25) is 0 Å². The molecular formula is C23H21FN4O2. The number of hydrogen-bond donors (Lipinski definition) is 1. The predicted molar refractivity (Wildman–Crippen MR) is 114 cm³/mol. The molecule has 0 saturated heterocycles. The maximum atomic E-state index is 13.5. The Balaban J connectivity index is 1.62. The monoisotopic (exact) mass is 404 g/mol. The van der Waals surface area contributed by atoms with Crippen LogP contribution in [0.25, 0.3) is 11.0 Å². The molecule has 4 aromatic rings. The summed E-state index contributed by atoms with van der Waals surface area (Å²) in [6.45, 7) is 5.85. The number of carbonyl (C=O) groups is 1. The predicted octanol–water partition coefficient (Wildman–Crippen LogP) is 5.50. The van der Waals surface area contributed by atoms with E-state index in [2.05, 4.69) is 15.4 Å². The van der Waals surface area contributed by atoms with Gasteiger partial charge >= 0.3 is 0 Å². The third kappa shape index (κ3) is 3.87. The van der Waals surface area contributed by atoms with Crippen LogP contribution in [0, 0.1) is 12.7 Å². The normalized spacial score (nSPS) is 11.1. The molecule has 152 valence electrons. The van der Waals surface area contributed by atoms with E-state index in [-0.39, 0.29) is 11.9 Å². The Morgan fingerprint density at radius 2 is 1.93 bits per heavy atom. The van der Waals surface area contributed by atoms with Gasteiger partial charge in [0.1, 0.15) is 11.6 Å². The minimum absolute atomic E-state index is 0.168. The molecule has 0 radical (unpaired) electrons. The van der Waals surface area contributed by atoms with Gasteiger partial charge in [-0.1, -0.05) is 18.2 Å². The SMILES string of the molecule is Cc1nc2c(cnn2C(C)C)cc1C(=O)Nc1ccccc1Oc1cccc(F)c1. The fourth-order valence-electron chi connectivity index (χ4n) is 3.18. The van der Waals surface area contributed by atoms with Gasteiger partial charge in [0, 0.05) is 17.5 Å². The highest BCUT2D eigenvalue weighted by Gasteiger charge is 2.17. The largest absolute Gasteiger partial charge is 0.455 e. The molecule has 6 nitrogen and oxygen atoms in total. The number of benzene rings is 2. The van der Waals surface area contributed by atoms with E-state index < -0.39 is 5.82 Å². The zero-order valence-electron chi connectivity index (χ0n) is 16.9. The molecule has 0 saturated carbocycles. The van der Waals surface area contributed by atoms with Crippen molar-refractivity contribution in [2.75, 3.05) is 5.32 Å². The molecule has 2 aromatic carbocycles. The number of halogens is 1. The number of nitrogens with zero attached hydrogens (tertiary/aromatic N) is 3. The summed E-state index contributed by atoms with van der Waals surface area (Å²) in [5, 5.41) is 8.03. The van der Waals surface area contributed by atoms with E-state index in [9.17, 15) is 9.18 Å². The van der Waals surface area contributed by atoms with Gasteiger partial charge in [-0.15, -0.1) is 0 Å². The van der Waals surface area contributed by atoms with Crippen LogP contribution < -0.4 is 10.1 Å². The molecule has 2 heterocycles. The van der Waals surface area contributed by atoms with Crippen LogP contribution in [0.4, 0.5) is 10.1 Å². The number of aromatic nitrogens is 3. The summed E-state index contributed by atoms with van der Waals surface area (Å²) in [6.07, 6.45) is 1.71. The summed E-state index contributed by atoms with van der Waals surface area (Å²) in [5.41, 5.74) is 2.27. The van der Waals surface area contributed by atoms with Crippen LogP contribution >= 0.6 is 0 Å². The van der Waals surface area contributed by atoms with Crippen molar-refractivity contribution in [1.82, 2.24) is 14.8 Å². The maximum absolute atomic E-state index is 13.5. The van der Waals surface area contributed by atoms with E-state index in [0.29, 0.717) is 28.4 Å². The highest BCUT2D eigenvalue weighted by molar-refractivity contribution is 6.07. The molecule has 0 atom stereocenters. The van der Waals surface area contributed by atoms with Crippen molar-refractivity contribution >= 4 is 22.6 Å². The summed E-state index contributed by atoms with van der Waals surface area (Å²) in [6, 6.07) is 14.8. The number of fused-ring (bicyclic) bond motifs is 1. The lowest BCUT2D eigenvalue weighted by atomic mass is 10.1. The highest BCUT2D eigenvalue weighted by atomic mass is 19.1. The van der Waals surface area contributed by atoms with Gasteiger partial charge < -0.3 is 10.1 Å². The molecule has 1 amide bonds. The van der Waals surface area contributed by atoms with Crippen molar-refractivity contribution in [3.8, 4) is 11.5 Å². The minimum Gasteiger partial charge on any atom is -0.455 e. The van der Waals surface area contributed by atoms with E-state index in [1.165, 1.54) is 12.1 Å². The molecular weight excluding hydrogens is 383 g/mol. The molecule has 30 heavy (non-hydrogen) atoms. The van der Waals surface area contributed by atoms with E-state index in [0.717, 1.165) is 11.0 Å². The Kier molecular flexibility index (Phi) is 5.18. The van der Waals surface area contributed by atoms with E-state index in [4.69, 9.17) is 4.74 Å². The molecule has 0 fully saturated rings. The van der Waals surface area contributed by atoms with Crippen molar-refractivity contribution in [2.45, 2.75) is 26.8 Å². The molecule has 0 aliphatic heterocycles. The van der Waals surface area contributed by atoms with Crippen LogP contribution in [-0.4, -0.2) is 20.7 Å². The first kappa shape index (κ1) is 19.6. The number of para-hydroxylation sites is 2. The van der Waals surface area contributed by atoms with Gasteiger partial charge in [-0.25, -0.2) is 14.1 Å². The number of anilines is 1. The van der Waals surface area contributed by atoms with Crippen molar-refractivity contribution < 1.29 is 13.9 Å². The van der Waals surface area contributed by atoms with Gasteiger partial charge in [0.2, 0.25) is 0 Å². The summed E-state index contributed by atoms with van der Waals surface area (Å²) in [7, 11) is 0. The third-order valence-electron chi connectivity index (χ3n) is 4.65. The molecule has 0 spiro atoms. The van der Waals surface area contributed by atoms with E-state index in [1.54, 1.807) is 55.6 Å². The average molecular weight is 404 g/mol. The molecule has 0 aliphatic carbocycles. The number of nitrogens with one attached hydrogen (secondary N) is 1. The van der Waals surface area contributed by atoms with E-state index >= 15 is 0 Å². The Morgan fingerprint density at radius 1 is 1.13 bits per heavy atom. The molecule has 7 heteroatoms. The first-order chi connectivity index (χ1) is 14.4. The van der Waals surface area contributed by atoms with Crippen LogP contribution in [-0.2, 0) is 0 Å². The Morgan fingerprint density at radius 3 is 2.70 bits per heavy atom. The van der Waals surface area contributed by atoms with Crippen molar-refractivity contribution in [2.24, 2.45) is 0 Å². The van der Waals surface area contributed by atoms with Gasteiger partial charge in [-0.2, -0.15) is 5.10 Å². The number of rotatable bonds is 5. The van der Waals surface area contributed by atoms with Gasteiger partial charge in [-0.3, -0.25) is 4.79 Å². The fourth-order valence-corrected chi connectivity index (χ4v) is 3.18. The number of aryl methyl sites for hydroxylation is 1. The zero-order chi connectivity index (χ0) is 21.3. The number of amides is 1. The van der Waals surface area contributed by atoms with Gasteiger partial charge in [0.05, 0.1) is 23.1 Å². The summed E-state index contributed by atoms with van der Waals surface area (Å²) in [4.78, 5) is 17.6. The number of pyridine rings is 1. The maximum Gasteiger partial charge on any atom is 0.257 e. The summed E-state index contributed by atoms with van der Waals surface area (Å²) < 4.78 is 21.1. The lowest BCUT2D eigenvalue weighted by molar-refractivity contribution is 0.102. The third-order valence-corrected chi connectivity index (χ3v) is 4.65.